The van der Waals surface area contributed by atoms with Gasteiger partial charge in [-0.2, -0.15) is 13.2 Å². The molecule has 0 unspecified atom stereocenters. The first-order valence-electron chi connectivity index (χ1n) is 8.55. The number of likely N-dealkylation sites (tertiary alicyclic amines) is 1. The van der Waals surface area contributed by atoms with E-state index >= 15 is 0 Å². The fraction of sp³-hybridized carbons (Fsp3) is 0.400. The summed E-state index contributed by atoms with van der Waals surface area (Å²) in [4.78, 5) is 2.19. The van der Waals surface area contributed by atoms with Gasteiger partial charge in [-0.3, -0.25) is 4.90 Å². The van der Waals surface area contributed by atoms with Crippen LogP contribution in [0, 0.1) is 0 Å². The van der Waals surface area contributed by atoms with Crippen LogP contribution < -0.4 is 0 Å². The summed E-state index contributed by atoms with van der Waals surface area (Å²) in [7, 11) is 0. The predicted octanol–water partition coefficient (Wildman–Crippen LogP) is 4.89. The molecule has 1 aliphatic heterocycles. The van der Waals surface area contributed by atoms with Gasteiger partial charge in [0.25, 0.3) is 0 Å². The fourth-order valence-electron chi connectivity index (χ4n) is 3.13. The third-order valence-corrected chi connectivity index (χ3v) is 4.52. The lowest BCUT2D eigenvalue weighted by Gasteiger charge is -2.32. The molecule has 25 heavy (non-hydrogen) atoms. The third kappa shape index (κ3) is 5.31. The first-order chi connectivity index (χ1) is 12.0. The molecule has 1 saturated heterocycles. The van der Waals surface area contributed by atoms with Crippen LogP contribution in [0.1, 0.15) is 29.5 Å². The molecule has 0 aromatic heterocycles. The van der Waals surface area contributed by atoms with E-state index in [-0.39, 0.29) is 6.10 Å². The van der Waals surface area contributed by atoms with Crippen LogP contribution in [0.3, 0.4) is 0 Å². The highest BCUT2D eigenvalue weighted by atomic mass is 19.4. The highest BCUT2D eigenvalue weighted by molar-refractivity contribution is 5.25. The summed E-state index contributed by atoms with van der Waals surface area (Å²) in [6, 6.07) is 15.7. The second kappa shape index (κ2) is 8.02. The molecule has 0 bridgehead atoms. The molecule has 1 aliphatic rings. The standard InChI is InChI=1S/C20H22F3NO/c21-20(22,23)18-8-4-7-17(13-18)14-24-11-9-19(10-12-24)25-15-16-5-2-1-3-6-16/h1-8,13,19H,9-12,14-15H2. The number of hydrogen-bond acceptors (Lipinski definition) is 2. The van der Waals surface area contributed by atoms with E-state index in [0.717, 1.165) is 37.6 Å². The van der Waals surface area contributed by atoms with Crippen molar-refractivity contribution in [3.05, 3.63) is 71.3 Å². The van der Waals surface area contributed by atoms with E-state index < -0.39 is 11.7 Å². The number of alkyl halides is 3. The van der Waals surface area contributed by atoms with Gasteiger partial charge in [0.15, 0.2) is 0 Å². The number of piperidine rings is 1. The van der Waals surface area contributed by atoms with E-state index in [4.69, 9.17) is 4.74 Å². The molecule has 0 amide bonds. The van der Waals surface area contributed by atoms with E-state index in [2.05, 4.69) is 4.90 Å². The maximum atomic E-state index is 12.8. The van der Waals surface area contributed by atoms with Crippen molar-refractivity contribution >= 4 is 0 Å². The topological polar surface area (TPSA) is 12.5 Å². The van der Waals surface area contributed by atoms with Crippen molar-refractivity contribution in [2.75, 3.05) is 13.1 Å². The Morgan fingerprint density at radius 2 is 1.60 bits per heavy atom. The number of rotatable bonds is 5. The molecule has 2 aromatic carbocycles. The zero-order chi connectivity index (χ0) is 17.7. The van der Waals surface area contributed by atoms with Crippen molar-refractivity contribution in [2.24, 2.45) is 0 Å². The van der Waals surface area contributed by atoms with Gasteiger partial charge in [-0.25, -0.2) is 0 Å². The third-order valence-electron chi connectivity index (χ3n) is 4.52. The number of halogens is 3. The monoisotopic (exact) mass is 349 g/mol. The average Bonchev–Trinajstić information content (AvgIpc) is 2.62. The molecular weight excluding hydrogens is 327 g/mol. The second-order valence-corrected chi connectivity index (χ2v) is 6.47. The van der Waals surface area contributed by atoms with Crippen molar-refractivity contribution < 1.29 is 17.9 Å². The van der Waals surface area contributed by atoms with Gasteiger partial charge in [0.1, 0.15) is 0 Å². The highest BCUT2D eigenvalue weighted by Crippen LogP contribution is 2.30. The summed E-state index contributed by atoms with van der Waals surface area (Å²) in [5.74, 6) is 0. The largest absolute Gasteiger partial charge is 0.416 e. The quantitative estimate of drug-likeness (QED) is 0.762. The van der Waals surface area contributed by atoms with Gasteiger partial charge in [-0.05, 0) is 30.0 Å². The van der Waals surface area contributed by atoms with Gasteiger partial charge in [-0.1, -0.05) is 48.5 Å². The summed E-state index contributed by atoms with van der Waals surface area (Å²) in [5.41, 5.74) is 1.29. The summed E-state index contributed by atoms with van der Waals surface area (Å²) in [5, 5.41) is 0. The van der Waals surface area contributed by atoms with Gasteiger partial charge in [0.2, 0.25) is 0 Å². The lowest BCUT2D eigenvalue weighted by Crippen LogP contribution is -2.36. The molecule has 0 atom stereocenters. The Kier molecular flexibility index (Phi) is 5.76. The molecule has 0 saturated carbocycles. The normalized spacial score (nSPS) is 16.9. The van der Waals surface area contributed by atoms with Crippen LogP contribution in [0.5, 0.6) is 0 Å². The minimum absolute atomic E-state index is 0.220. The molecular formula is C20H22F3NO. The van der Waals surface area contributed by atoms with Crippen molar-refractivity contribution in [1.29, 1.82) is 0 Å². The molecule has 2 aromatic rings. The smallest absolute Gasteiger partial charge is 0.373 e. The second-order valence-electron chi connectivity index (χ2n) is 6.47. The molecule has 5 heteroatoms. The molecule has 134 valence electrons. The van der Waals surface area contributed by atoms with Gasteiger partial charge in [0.05, 0.1) is 18.3 Å². The van der Waals surface area contributed by atoms with Gasteiger partial charge in [-0.15, -0.1) is 0 Å². The lowest BCUT2D eigenvalue weighted by atomic mass is 10.1. The molecule has 1 heterocycles. The summed E-state index contributed by atoms with van der Waals surface area (Å²) >= 11 is 0. The van der Waals surface area contributed by atoms with Crippen molar-refractivity contribution in [3.8, 4) is 0 Å². The van der Waals surface area contributed by atoms with Crippen LogP contribution >= 0.6 is 0 Å². The first-order valence-corrected chi connectivity index (χ1v) is 8.55. The van der Waals surface area contributed by atoms with Crippen molar-refractivity contribution in [2.45, 2.75) is 38.3 Å². The van der Waals surface area contributed by atoms with E-state index in [1.165, 1.54) is 12.1 Å². The van der Waals surface area contributed by atoms with Crippen molar-refractivity contribution in [1.82, 2.24) is 4.90 Å². The van der Waals surface area contributed by atoms with Gasteiger partial charge >= 0.3 is 6.18 Å². The Morgan fingerprint density at radius 3 is 2.28 bits per heavy atom. The summed E-state index contributed by atoms with van der Waals surface area (Å²) in [6.07, 6.45) is -2.25. The minimum Gasteiger partial charge on any atom is -0.373 e. The van der Waals surface area contributed by atoms with Crippen LogP contribution in [0.25, 0.3) is 0 Å². The van der Waals surface area contributed by atoms with E-state index in [1.54, 1.807) is 6.07 Å². The maximum absolute atomic E-state index is 12.8. The Morgan fingerprint density at radius 1 is 0.920 bits per heavy atom. The van der Waals surface area contributed by atoms with Gasteiger partial charge < -0.3 is 4.74 Å². The molecule has 0 N–H and O–H groups in total. The van der Waals surface area contributed by atoms with Crippen LogP contribution in [0.15, 0.2) is 54.6 Å². The summed E-state index contributed by atoms with van der Waals surface area (Å²) < 4.78 is 44.3. The number of benzene rings is 2. The van der Waals surface area contributed by atoms with E-state index in [9.17, 15) is 13.2 Å². The van der Waals surface area contributed by atoms with Gasteiger partial charge in [0, 0.05) is 19.6 Å². The molecule has 0 aliphatic carbocycles. The maximum Gasteiger partial charge on any atom is 0.416 e. The molecule has 2 nitrogen and oxygen atoms in total. The highest BCUT2D eigenvalue weighted by Gasteiger charge is 2.30. The van der Waals surface area contributed by atoms with E-state index in [1.807, 2.05) is 30.3 Å². The molecule has 3 rings (SSSR count). The molecule has 0 radical (unpaired) electrons. The minimum atomic E-state index is -4.28. The predicted molar refractivity (Wildman–Crippen MR) is 91.0 cm³/mol. The first kappa shape index (κ1) is 18.0. The zero-order valence-corrected chi connectivity index (χ0v) is 14.0. The molecule has 1 fully saturated rings. The van der Waals surface area contributed by atoms with Crippen molar-refractivity contribution in [3.63, 3.8) is 0 Å². The molecule has 0 spiro atoms. The van der Waals surface area contributed by atoms with Crippen LogP contribution in [0.2, 0.25) is 0 Å². The fourth-order valence-corrected chi connectivity index (χ4v) is 3.13. The Labute approximate surface area is 146 Å². The zero-order valence-electron chi connectivity index (χ0n) is 14.0. The Hall–Kier alpha value is -1.85. The van der Waals surface area contributed by atoms with Crippen LogP contribution in [0.4, 0.5) is 13.2 Å². The van der Waals surface area contributed by atoms with Crippen LogP contribution in [-0.4, -0.2) is 24.1 Å². The number of hydrogen-bond donors (Lipinski definition) is 0. The number of ether oxygens (including phenoxy) is 1. The SMILES string of the molecule is FC(F)(F)c1cccc(CN2CCC(OCc3ccccc3)CC2)c1. The lowest BCUT2D eigenvalue weighted by molar-refractivity contribution is -0.137. The van der Waals surface area contributed by atoms with E-state index in [0.29, 0.717) is 18.7 Å². The van der Waals surface area contributed by atoms with Crippen LogP contribution in [-0.2, 0) is 24.1 Å². The summed E-state index contributed by atoms with van der Waals surface area (Å²) in [6.45, 7) is 2.85. The Bertz CT molecular complexity index is 664. The average molecular weight is 349 g/mol. The number of nitrogens with zero attached hydrogens (tertiary/aromatic N) is 1. The Balaban J connectivity index is 1.46.